The number of hydrogen-bond acceptors (Lipinski definition) is 8. The summed E-state index contributed by atoms with van der Waals surface area (Å²) in [5, 5.41) is 10.0. The number of halogens is 2. The smallest absolute Gasteiger partial charge is 0.296 e. The van der Waals surface area contributed by atoms with Crippen molar-refractivity contribution in [3.63, 3.8) is 0 Å². The Morgan fingerprint density at radius 2 is 1.75 bits per heavy atom. The van der Waals surface area contributed by atoms with E-state index in [0.29, 0.717) is 54.9 Å². The van der Waals surface area contributed by atoms with Crippen LogP contribution in [0, 0.1) is 5.92 Å². The Bertz CT molecular complexity index is 1310. The number of para-hydroxylation sites is 2. The molecule has 2 aromatic heterocycles. The number of ether oxygens (including phenoxy) is 1. The SMILES string of the molecule is O=C(NC1CCC(Nc2nc(N3CCOCC3)cc(-n3c(C(F)F)nc4ccccc43)n2)CC1)[C@@H]1CCCNC1. The first-order valence-electron chi connectivity index (χ1n) is 14.3. The molecule has 6 rings (SSSR count). The molecular weight excluding hydrogens is 518 g/mol. The van der Waals surface area contributed by atoms with Crippen molar-refractivity contribution in [2.24, 2.45) is 5.92 Å². The molecule has 1 saturated carbocycles. The second kappa shape index (κ2) is 12.0. The summed E-state index contributed by atoms with van der Waals surface area (Å²) in [4.78, 5) is 28.5. The third-order valence-corrected chi connectivity index (χ3v) is 8.12. The summed E-state index contributed by atoms with van der Waals surface area (Å²) in [5.74, 6) is 1.27. The van der Waals surface area contributed by atoms with E-state index in [2.05, 4.69) is 25.8 Å². The normalized spacial score (nSPS) is 23.9. The summed E-state index contributed by atoms with van der Waals surface area (Å²) in [6, 6.07) is 9.12. The van der Waals surface area contributed by atoms with Crippen LogP contribution in [-0.2, 0) is 9.53 Å². The van der Waals surface area contributed by atoms with Crippen molar-refractivity contribution in [3.8, 4) is 5.82 Å². The number of alkyl halides is 2. The molecule has 3 N–H and O–H groups in total. The van der Waals surface area contributed by atoms with Crippen molar-refractivity contribution in [1.82, 2.24) is 30.2 Å². The first-order valence-corrected chi connectivity index (χ1v) is 14.3. The summed E-state index contributed by atoms with van der Waals surface area (Å²) >= 11 is 0. The number of rotatable bonds is 7. The lowest BCUT2D eigenvalue weighted by Gasteiger charge is -2.32. The number of nitrogens with one attached hydrogen (secondary N) is 3. The van der Waals surface area contributed by atoms with Crippen molar-refractivity contribution < 1.29 is 18.3 Å². The molecule has 214 valence electrons. The van der Waals surface area contributed by atoms with Gasteiger partial charge in [-0.15, -0.1) is 0 Å². The van der Waals surface area contributed by atoms with Crippen molar-refractivity contribution in [2.45, 2.75) is 57.0 Å². The maximum absolute atomic E-state index is 14.1. The number of carbonyl (C=O) groups excluding carboxylic acids is 1. The summed E-state index contributed by atoms with van der Waals surface area (Å²) in [6.45, 7) is 4.20. The molecule has 2 aliphatic heterocycles. The van der Waals surface area contributed by atoms with E-state index in [-0.39, 0.29) is 29.7 Å². The average Bonchev–Trinajstić information content (AvgIpc) is 3.39. The van der Waals surface area contributed by atoms with Gasteiger partial charge in [0.05, 0.1) is 30.2 Å². The summed E-state index contributed by atoms with van der Waals surface area (Å²) < 4.78 is 35.2. The van der Waals surface area contributed by atoms with Gasteiger partial charge < -0.3 is 25.6 Å². The quantitative estimate of drug-likeness (QED) is 0.408. The number of benzene rings is 1. The fourth-order valence-electron chi connectivity index (χ4n) is 5.95. The van der Waals surface area contributed by atoms with Gasteiger partial charge >= 0.3 is 0 Å². The fourth-order valence-corrected chi connectivity index (χ4v) is 5.95. The third-order valence-electron chi connectivity index (χ3n) is 8.12. The van der Waals surface area contributed by atoms with Gasteiger partial charge in [-0.1, -0.05) is 12.1 Å². The fraction of sp³-hybridized carbons (Fsp3) is 0.571. The van der Waals surface area contributed by atoms with Crippen molar-refractivity contribution >= 4 is 28.7 Å². The molecule has 1 atom stereocenters. The number of piperidine rings is 1. The molecular formula is C28H36F2N8O2. The van der Waals surface area contributed by atoms with Crippen LogP contribution in [0.2, 0.25) is 0 Å². The van der Waals surface area contributed by atoms with E-state index in [1.54, 1.807) is 30.3 Å². The maximum Gasteiger partial charge on any atom is 0.296 e. The number of hydrogen-bond donors (Lipinski definition) is 3. The molecule has 3 aliphatic rings. The van der Waals surface area contributed by atoms with Crippen LogP contribution in [-0.4, -0.2) is 76.9 Å². The molecule has 2 saturated heterocycles. The summed E-state index contributed by atoms with van der Waals surface area (Å²) in [7, 11) is 0. The number of morpholine rings is 1. The Kier molecular flexibility index (Phi) is 8.05. The lowest BCUT2D eigenvalue weighted by molar-refractivity contribution is -0.126. The van der Waals surface area contributed by atoms with E-state index < -0.39 is 6.43 Å². The Labute approximate surface area is 231 Å². The number of anilines is 2. The second-order valence-electron chi connectivity index (χ2n) is 10.8. The molecule has 4 heterocycles. The Balaban J connectivity index is 1.22. The van der Waals surface area contributed by atoms with E-state index in [1.165, 1.54) is 4.57 Å². The van der Waals surface area contributed by atoms with Crippen LogP contribution in [0.3, 0.4) is 0 Å². The van der Waals surface area contributed by atoms with Gasteiger partial charge in [0.25, 0.3) is 6.43 Å². The van der Waals surface area contributed by atoms with Crippen LogP contribution in [0.25, 0.3) is 16.9 Å². The van der Waals surface area contributed by atoms with Gasteiger partial charge in [-0.25, -0.2) is 13.8 Å². The van der Waals surface area contributed by atoms with E-state index >= 15 is 0 Å². The molecule has 0 radical (unpaired) electrons. The highest BCUT2D eigenvalue weighted by molar-refractivity contribution is 5.79. The topological polar surface area (TPSA) is 109 Å². The van der Waals surface area contributed by atoms with Crippen LogP contribution in [0.4, 0.5) is 20.5 Å². The van der Waals surface area contributed by atoms with Crippen LogP contribution < -0.4 is 20.9 Å². The number of amides is 1. The van der Waals surface area contributed by atoms with Gasteiger partial charge in [-0.05, 0) is 57.2 Å². The molecule has 40 heavy (non-hydrogen) atoms. The minimum absolute atomic E-state index is 0.0525. The van der Waals surface area contributed by atoms with Gasteiger partial charge in [0.1, 0.15) is 11.6 Å². The van der Waals surface area contributed by atoms with Gasteiger partial charge in [0.15, 0.2) is 5.82 Å². The summed E-state index contributed by atoms with van der Waals surface area (Å²) in [5.41, 5.74) is 1.06. The zero-order valence-corrected chi connectivity index (χ0v) is 22.5. The van der Waals surface area contributed by atoms with E-state index in [0.717, 1.165) is 51.6 Å². The Hall–Kier alpha value is -3.38. The summed E-state index contributed by atoms with van der Waals surface area (Å²) in [6.07, 6.45) is 2.64. The van der Waals surface area contributed by atoms with Crippen LogP contribution in [0.1, 0.15) is 50.8 Å². The van der Waals surface area contributed by atoms with Gasteiger partial charge in [-0.2, -0.15) is 9.97 Å². The zero-order valence-electron chi connectivity index (χ0n) is 22.5. The third kappa shape index (κ3) is 5.87. The Morgan fingerprint density at radius 3 is 2.50 bits per heavy atom. The first-order chi connectivity index (χ1) is 19.5. The molecule has 3 fully saturated rings. The minimum atomic E-state index is -2.76. The lowest BCUT2D eigenvalue weighted by atomic mass is 9.90. The van der Waals surface area contributed by atoms with Crippen molar-refractivity contribution in [2.75, 3.05) is 49.6 Å². The standard InChI is InChI=1S/C28H36F2N8O2/c29-25(30)26-34-21-5-1-2-6-22(21)38(26)24-16-23(37-12-14-40-15-13-37)35-28(36-24)33-20-9-7-19(8-10-20)32-27(39)18-4-3-11-31-17-18/h1-2,5-6,16,18-20,25,31H,3-4,7-15,17H2,(H,32,39)(H,33,35,36)/t18-,19?,20?/m1/s1. The molecule has 0 unspecified atom stereocenters. The van der Waals surface area contributed by atoms with Crippen LogP contribution >= 0.6 is 0 Å². The van der Waals surface area contributed by atoms with Crippen molar-refractivity contribution in [3.05, 3.63) is 36.2 Å². The molecule has 0 spiro atoms. The molecule has 1 amide bonds. The zero-order chi connectivity index (χ0) is 27.5. The van der Waals surface area contributed by atoms with Gasteiger partial charge in [0, 0.05) is 37.8 Å². The molecule has 10 nitrogen and oxygen atoms in total. The highest BCUT2D eigenvalue weighted by Gasteiger charge is 2.28. The van der Waals surface area contributed by atoms with Gasteiger partial charge in [-0.3, -0.25) is 9.36 Å². The number of nitrogens with zero attached hydrogens (tertiary/aromatic N) is 5. The van der Waals surface area contributed by atoms with E-state index in [9.17, 15) is 13.6 Å². The van der Waals surface area contributed by atoms with E-state index in [1.807, 2.05) is 0 Å². The predicted octanol–water partition coefficient (Wildman–Crippen LogP) is 3.43. The highest BCUT2D eigenvalue weighted by Crippen LogP contribution is 2.30. The number of aromatic nitrogens is 4. The largest absolute Gasteiger partial charge is 0.378 e. The van der Waals surface area contributed by atoms with Crippen LogP contribution in [0.15, 0.2) is 30.3 Å². The number of carbonyl (C=O) groups is 1. The number of fused-ring (bicyclic) bond motifs is 1. The maximum atomic E-state index is 14.1. The lowest BCUT2D eigenvalue weighted by Crippen LogP contribution is -2.46. The molecule has 1 aromatic carbocycles. The highest BCUT2D eigenvalue weighted by atomic mass is 19.3. The van der Waals surface area contributed by atoms with E-state index in [4.69, 9.17) is 14.7 Å². The molecule has 0 bridgehead atoms. The number of imidazole rings is 1. The molecule has 1 aliphatic carbocycles. The monoisotopic (exact) mass is 554 g/mol. The van der Waals surface area contributed by atoms with Gasteiger partial charge in [0.2, 0.25) is 11.9 Å². The second-order valence-corrected chi connectivity index (χ2v) is 10.8. The van der Waals surface area contributed by atoms with Crippen molar-refractivity contribution in [1.29, 1.82) is 0 Å². The average molecular weight is 555 g/mol. The molecule has 12 heteroatoms. The predicted molar refractivity (Wildman–Crippen MR) is 148 cm³/mol. The minimum Gasteiger partial charge on any atom is -0.378 e. The molecule has 3 aromatic rings. The first kappa shape index (κ1) is 26.8. The van der Waals surface area contributed by atoms with Crippen LogP contribution in [0.5, 0.6) is 0 Å². The Morgan fingerprint density at radius 1 is 1.00 bits per heavy atom.